The molecule has 3 rings (SSSR count). The van der Waals surface area contributed by atoms with Gasteiger partial charge in [-0.2, -0.15) is 4.31 Å². The van der Waals surface area contributed by atoms with Gasteiger partial charge in [0, 0.05) is 21.5 Å². The van der Waals surface area contributed by atoms with Gasteiger partial charge in [-0.25, -0.2) is 8.42 Å². The highest BCUT2D eigenvalue weighted by Gasteiger charge is 2.49. The van der Waals surface area contributed by atoms with Gasteiger partial charge in [0.05, 0.1) is 11.4 Å². The van der Waals surface area contributed by atoms with Gasteiger partial charge < -0.3 is 4.90 Å². The van der Waals surface area contributed by atoms with E-state index in [1.165, 1.54) is 4.31 Å². The Labute approximate surface area is 177 Å². The number of fused-ring (bicyclic) bond motifs is 2. The van der Waals surface area contributed by atoms with Crippen molar-refractivity contribution in [2.75, 3.05) is 13.1 Å². The number of halogens is 2. The van der Waals surface area contributed by atoms with Crippen LogP contribution in [0.1, 0.15) is 32.6 Å². The van der Waals surface area contributed by atoms with E-state index >= 15 is 0 Å². The quantitative estimate of drug-likeness (QED) is 0.573. The fourth-order valence-electron chi connectivity index (χ4n) is 4.19. The van der Waals surface area contributed by atoms with Crippen molar-refractivity contribution < 1.29 is 13.2 Å². The molecule has 1 aromatic carbocycles. The second-order valence-electron chi connectivity index (χ2n) is 7.05. The Hall–Kier alpha value is -0.880. The van der Waals surface area contributed by atoms with Crippen molar-refractivity contribution in [3.8, 4) is 12.3 Å². The summed E-state index contributed by atoms with van der Waals surface area (Å²) < 4.78 is 30.0. The van der Waals surface area contributed by atoms with E-state index in [4.69, 9.17) is 6.42 Å². The summed E-state index contributed by atoms with van der Waals surface area (Å²) in [7, 11) is -3.83. The van der Waals surface area contributed by atoms with Crippen LogP contribution in [0, 0.1) is 18.3 Å². The van der Waals surface area contributed by atoms with E-state index in [0.717, 1.165) is 19.3 Å². The second-order valence-corrected chi connectivity index (χ2v) is 10.7. The van der Waals surface area contributed by atoms with Crippen LogP contribution < -0.4 is 0 Å². The number of hydrogen-bond acceptors (Lipinski definition) is 3. The van der Waals surface area contributed by atoms with Gasteiger partial charge >= 0.3 is 0 Å². The normalized spacial score (nSPS) is 26.5. The predicted octanol–water partition coefficient (Wildman–Crippen LogP) is 3.63. The molecule has 0 N–H and O–H groups in total. The number of rotatable bonds is 4. The van der Waals surface area contributed by atoms with Crippen molar-refractivity contribution >= 4 is 47.8 Å². The molecule has 8 heteroatoms. The summed E-state index contributed by atoms with van der Waals surface area (Å²) in [4.78, 5) is 15.0. The number of carbonyl (C=O) groups excluding carboxylic acids is 1. The van der Waals surface area contributed by atoms with Gasteiger partial charge in [0.1, 0.15) is 6.04 Å². The van der Waals surface area contributed by atoms with Crippen LogP contribution in [0.15, 0.2) is 32.0 Å². The van der Waals surface area contributed by atoms with Crippen LogP contribution in [-0.4, -0.2) is 48.7 Å². The highest BCUT2D eigenvalue weighted by atomic mass is 79.9. The average molecular weight is 518 g/mol. The van der Waals surface area contributed by atoms with Gasteiger partial charge in [-0.3, -0.25) is 4.79 Å². The molecule has 2 heterocycles. The molecule has 0 aliphatic carbocycles. The third-order valence-corrected chi connectivity index (χ3v) is 8.25. The predicted molar refractivity (Wildman–Crippen MR) is 111 cm³/mol. The molecule has 0 spiro atoms. The fraction of sp³-hybridized carbons (Fsp3) is 0.526. The van der Waals surface area contributed by atoms with Crippen LogP contribution in [0.25, 0.3) is 0 Å². The largest absolute Gasteiger partial charge is 0.330 e. The summed E-state index contributed by atoms with van der Waals surface area (Å²) in [5, 5.41) is 0. The highest BCUT2D eigenvalue weighted by Crippen LogP contribution is 2.38. The summed E-state index contributed by atoms with van der Waals surface area (Å²) in [6.45, 7) is 2.77. The molecule has 3 atom stereocenters. The van der Waals surface area contributed by atoms with Gasteiger partial charge in [-0.15, -0.1) is 6.42 Å². The zero-order valence-electron chi connectivity index (χ0n) is 15.1. The van der Waals surface area contributed by atoms with Gasteiger partial charge in [0.15, 0.2) is 0 Å². The third-order valence-electron chi connectivity index (χ3n) is 5.43. The Balaban J connectivity index is 2.11. The molecule has 1 aromatic rings. The highest BCUT2D eigenvalue weighted by molar-refractivity contribution is 9.11. The zero-order valence-corrected chi connectivity index (χ0v) is 19.1. The van der Waals surface area contributed by atoms with E-state index in [1.54, 1.807) is 23.1 Å². The maximum Gasteiger partial charge on any atom is 0.244 e. The van der Waals surface area contributed by atoms with E-state index in [9.17, 15) is 13.2 Å². The first kappa shape index (κ1) is 20.8. The Morgan fingerprint density at radius 3 is 2.48 bits per heavy atom. The molecule has 0 radical (unpaired) electrons. The topological polar surface area (TPSA) is 57.7 Å². The summed E-state index contributed by atoms with van der Waals surface area (Å²) in [5.74, 6) is 2.44. The first-order valence-corrected chi connectivity index (χ1v) is 12.0. The fourth-order valence-corrected chi connectivity index (χ4v) is 7.74. The lowest BCUT2D eigenvalue weighted by molar-refractivity contribution is -0.134. The van der Waals surface area contributed by atoms with E-state index in [0.29, 0.717) is 21.9 Å². The van der Waals surface area contributed by atoms with Crippen molar-refractivity contribution in [3.63, 3.8) is 0 Å². The van der Waals surface area contributed by atoms with Gasteiger partial charge in [0.25, 0.3) is 0 Å². The van der Waals surface area contributed by atoms with Crippen molar-refractivity contribution in [1.82, 2.24) is 9.21 Å². The summed E-state index contributed by atoms with van der Waals surface area (Å²) in [5.41, 5.74) is 0. The molecule has 146 valence electrons. The molecule has 2 unspecified atom stereocenters. The van der Waals surface area contributed by atoms with E-state index < -0.39 is 16.1 Å². The molecular formula is C19H22Br2N2O3S. The maximum atomic E-state index is 13.6. The van der Waals surface area contributed by atoms with Gasteiger partial charge in [0.2, 0.25) is 15.9 Å². The number of terminal acetylenes is 1. The number of nitrogens with zero attached hydrogens (tertiary/aromatic N) is 2. The summed E-state index contributed by atoms with van der Waals surface area (Å²) >= 11 is 6.73. The SMILES string of the molecule is C#CCN1C[C@H](CC)C2CCCC(C1=O)N2S(=O)(=O)c1cc(Br)cc(Br)c1. The number of benzene rings is 1. The molecule has 0 saturated carbocycles. The molecule has 1 amide bonds. The molecule has 2 bridgehead atoms. The van der Waals surface area contributed by atoms with E-state index in [-0.39, 0.29) is 29.3 Å². The number of carbonyl (C=O) groups is 1. The van der Waals surface area contributed by atoms with Crippen LogP contribution in [0.2, 0.25) is 0 Å². The lowest BCUT2D eigenvalue weighted by Crippen LogP contribution is -2.54. The smallest absolute Gasteiger partial charge is 0.244 e. The number of amides is 1. The molecule has 5 nitrogen and oxygen atoms in total. The third kappa shape index (κ3) is 3.98. The standard InChI is InChI=1S/C19H22Br2N2O3S/c1-3-8-22-12-13(4-2)17-6-5-7-18(19(22)24)23(17)27(25,26)16-10-14(20)9-15(21)11-16/h1,9-11,13,17-18H,4-8,12H2,2H3/t13-,17?,18?/m0/s1. The molecule has 2 aliphatic heterocycles. The molecule has 2 saturated heterocycles. The number of hydrogen-bond donors (Lipinski definition) is 0. The second kappa shape index (κ2) is 8.24. The van der Waals surface area contributed by atoms with Crippen molar-refractivity contribution in [1.29, 1.82) is 0 Å². The van der Waals surface area contributed by atoms with Gasteiger partial charge in [-0.1, -0.05) is 51.1 Å². The Kier molecular flexibility index (Phi) is 6.36. The first-order chi connectivity index (χ1) is 12.8. The Morgan fingerprint density at radius 2 is 1.89 bits per heavy atom. The summed E-state index contributed by atoms with van der Waals surface area (Å²) in [6.07, 6.45) is 8.38. The minimum Gasteiger partial charge on any atom is -0.330 e. The van der Waals surface area contributed by atoms with Gasteiger partial charge in [-0.05, 0) is 43.4 Å². The van der Waals surface area contributed by atoms with Crippen molar-refractivity contribution in [3.05, 3.63) is 27.1 Å². The van der Waals surface area contributed by atoms with Crippen molar-refractivity contribution in [2.45, 2.75) is 49.6 Å². The lowest BCUT2D eigenvalue weighted by atomic mass is 9.89. The zero-order chi connectivity index (χ0) is 19.8. The lowest BCUT2D eigenvalue weighted by Gasteiger charge is -2.40. The molecule has 27 heavy (non-hydrogen) atoms. The average Bonchev–Trinajstić information content (AvgIpc) is 2.68. The minimum atomic E-state index is -3.83. The van der Waals surface area contributed by atoms with Crippen molar-refractivity contribution in [2.24, 2.45) is 5.92 Å². The van der Waals surface area contributed by atoms with Crippen LogP contribution >= 0.6 is 31.9 Å². The minimum absolute atomic E-state index is 0.0676. The number of sulfonamides is 1. The van der Waals surface area contributed by atoms with E-state index in [2.05, 4.69) is 37.8 Å². The van der Waals surface area contributed by atoms with Crippen LogP contribution in [0.3, 0.4) is 0 Å². The van der Waals surface area contributed by atoms with E-state index in [1.807, 2.05) is 6.92 Å². The van der Waals surface area contributed by atoms with Crippen LogP contribution in [0.5, 0.6) is 0 Å². The molecule has 2 fully saturated rings. The Bertz CT molecular complexity index is 861. The first-order valence-electron chi connectivity index (χ1n) is 9.01. The number of piperidine rings is 1. The Morgan fingerprint density at radius 1 is 1.22 bits per heavy atom. The van der Waals surface area contributed by atoms with Crippen LogP contribution in [-0.2, 0) is 14.8 Å². The molecule has 2 aliphatic rings. The maximum absolute atomic E-state index is 13.6. The molecule has 0 aromatic heterocycles. The monoisotopic (exact) mass is 516 g/mol. The summed E-state index contributed by atoms with van der Waals surface area (Å²) in [6, 6.07) is 4.09. The van der Waals surface area contributed by atoms with Crippen LogP contribution in [0.4, 0.5) is 0 Å². The molecular weight excluding hydrogens is 496 g/mol.